The normalized spacial score (nSPS) is 15.6. The average Bonchev–Trinajstić information content (AvgIpc) is 3.32. The highest BCUT2D eigenvalue weighted by Gasteiger charge is 2.32. The third kappa shape index (κ3) is 4.82. The molecule has 0 bridgehead atoms. The second-order valence-electron chi connectivity index (χ2n) is 8.14. The molecule has 2 aromatic carbocycles. The summed E-state index contributed by atoms with van der Waals surface area (Å²) in [6, 6.07) is 12.4. The molecule has 1 atom stereocenters. The first-order chi connectivity index (χ1) is 16.0. The molecule has 3 aromatic rings. The summed E-state index contributed by atoms with van der Waals surface area (Å²) in [6.07, 6.45) is 3.47. The monoisotopic (exact) mass is 451 g/mol. The van der Waals surface area contributed by atoms with Crippen molar-refractivity contribution in [3.63, 3.8) is 0 Å². The lowest BCUT2D eigenvalue weighted by atomic mass is 10.0. The van der Waals surface area contributed by atoms with Gasteiger partial charge in [0.1, 0.15) is 22.8 Å². The number of amides is 1. The fraction of sp³-hybridized carbons (Fsp3) is 0.385. The topological polar surface area (TPSA) is 78.2 Å². The molecule has 7 nitrogen and oxygen atoms in total. The first-order valence-corrected chi connectivity index (χ1v) is 11.2. The summed E-state index contributed by atoms with van der Waals surface area (Å²) in [6.45, 7) is 2.61. The number of carbonyl (C=O) groups excluding carboxylic acids is 1. The van der Waals surface area contributed by atoms with Crippen LogP contribution < -0.4 is 19.8 Å². The lowest BCUT2D eigenvalue weighted by Gasteiger charge is -2.26. The molecule has 1 unspecified atom stereocenters. The van der Waals surface area contributed by atoms with E-state index in [4.69, 9.17) is 18.6 Å². The fourth-order valence-electron chi connectivity index (χ4n) is 4.49. The van der Waals surface area contributed by atoms with Crippen LogP contribution in [0, 0.1) is 0 Å². The molecule has 0 saturated carbocycles. The van der Waals surface area contributed by atoms with Crippen LogP contribution in [0.5, 0.6) is 17.2 Å². The zero-order valence-electron chi connectivity index (χ0n) is 19.3. The van der Waals surface area contributed by atoms with Crippen LogP contribution in [-0.2, 0) is 11.2 Å². The number of rotatable bonds is 8. The van der Waals surface area contributed by atoms with E-state index in [-0.39, 0.29) is 24.2 Å². The van der Waals surface area contributed by atoms with E-state index in [0.29, 0.717) is 17.9 Å². The first kappa shape index (κ1) is 22.7. The van der Waals surface area contributed by atoms with Crippen molar-refractivity contribution in [3.8, 4) is 17.2 Å². The van der Waals surface area contributed by atoms with E-state index in [9.17, 15) is 9.59 Å². The zero-order valence-corrected chi connectivity index (χ0v) is 19.3. The molecule has 1 aliphatic heterocycles. The van der Waals surface area contributed by atoms with E-state index in [1.165, 1.54) is 6.07 Å². The largest absolute Gasteiger partial charge is 0.497 e. The number of benzene rings is 2. The number of hydrogen-bond donors (Lipinski definition) is 0. The molecule has 33 heavy (non-hydrogen) atoms. The Morgan fingerprint density at radius 2 is 1.91 bits per heavy atom. The lowest BCUT2D eigenvalue weighted by Crippen LogP contribution is -2.34. The highest BCUT2D eigenvalue weighted by atomic mass is 16.5. The lowest BCUT2D eigenvalue weighted by molar-refractivity contribution is -0.134. The van der Waals surface area contributed by atoms with E-state index in [0.717, 1.165) is 53.7 Å². The van der Waals surface area contributed by atoms with Gasteiger partial charge < -0.3 is 23.5 Å². The second-order valence-corrected chi connectivity index (χ2v) is 8.14. The Hall–Kier alpha value is -3.48. The van der Waals surface area contributed by atoms with E-state index in [2.05, 4.69) is 6.92 Å². The van der Waals surface area contributed by atoms with Crippen LogP contribution in [0.15, 0.2) is 51.7 Å². The van der Waals surface area contributed by atoms with Gasteiger partial charge in [0.05, 0.1) is 20.3 Å². The standard InChI is InChI=1S/C26H29NO6/c1-4-6-17-13-26(29)33-24-15-19(8-10-20(17)24)32-16-25(28)27-12-5-7-22(27)21-14-18(30-2)9-11-23(21)31-3/h8-11,13-15,22H,4-7,12,16H2,1-3H3. The smallest absolute Gasteiger partial charge is 0.336 e. The molecule has 0 aliphatic carbocycles. The quantitative estimate of drug-likeness (QED) is 0.469. The van der Waals surface area contributed by atoms with Gasteiger partial charge in [-0.15, -0.1) is 0 Å². The van der Waals surface area contributed by atoms with Gasteiger partial charge in [0.2, 0.25) is 0 Å². The maximum Gasteiger partial charge on any atom is 0.336 e. The summed E-state index contributed by atoms with van der Waals surface area (Å²) in [5.41, 5.74) is 1.97. The van der Waals surface area contributed by atoms with Crippen LogP contribution in [0.2, 0.25) is 0 Å². The number of ether oxygens (including phenoxy) is 3. The number of hydrogen-bond acceptors (Lipinski definition) is 6. The molecule has 1 saturated heterocycles. The molecule has 1 aromatic heterocycles. The summed E-state index contributed by atoms with van der Waals surface area (Å²) in [4.78, 5) is 26.8. The van der Waals surface area contributed by atoms with E-state index in [1.807, 2.05) is 29.2 Å². The van der Waals surface area contributed by atoms with Crippen LogP contribution in [-0.4, -0.2) is 38.2 Å². The van der Waals surface area contributed by atoms with Gasteiger partial charge in [0.15, 0.2) is 6.61 Å². The van der Waals surface area contributed by atoms with Crippen molar-refractivity contribution in [3.05, 3.63) is 64.0 Å². The Morgan fingerprint density at radius 3 is 2.67 bits per heavy atom. The molecule has 4 rings (SSSR count). The van der Waals surface area contributed by atoms with Crippen LogP contribution in [0.4, 0.5) is 0 Å². The Bertz CT molecular complexity index is 1200. The number of aryl methyl sites for hydroxylation is 1. The molecule has 174 valence electrons. The molecule has 2 heterocycles. The molecule has 7 heteroatoms. The molecular weight excluding hydrogens is 422 g/mol. The van der Waals surface area contributed by atoms with Crippen molar-refractivity contribution < 1.29 is 23.4 Å². The minimum absolute atomic E-state index is 0.0997. The van der Waals surface area contributed by atoms with E-state index < -0.39 is 0 Å². The van der Waals surface area contributed by atoms with Gasteiger partial charge in [-0.05, 0) is 55.2 Å². The second kappa shape index (κ2) is 9.98. The maximum atomic E-state index is 13.1. The van der Waals surface area contributed by atoms with Gasteiger partial charge in [-0.2, -0.15) is 0 Å². The Kier molecular flexibility index (Phi) is 6.87. The molecule has 0 N–H and O–H groups in total. The number of carbonyl (C=O) groups is 1. The predicted octanol–water partition coefficient (Wildman–Crippen LogP) is 4.51. The summed E-state index contributed by atoms with van der Waals surface area (Å²) in [5.74, 6) is 1.83. The number of nitrogens with zero attached hydrogens (tertiary/aromatic N) is 1. The Morgan fingerprint density at radius 1 is 1.09 bits per heavy atom. The highest BCUT2D eigenvalue weighted by molar-refractivity contribution is 5.82. The summed E-state index contributed by atoms with van der Waals surface area (Å²) in [5, 5.41) is 0.889. The van der Waals surface area contributed by atoms with Gasteiger partial charge in [-0.25, -0.2) is 4.79 Å². The predicted molar refractivity (Wildman–Crippen MR) is 125 cm³/mol. The number of likely N-dealkylation sites (tertiary alicyclic amines) is 1. The van der Waals surface area contributed by atoms with Crippen LogP contribution in [0.25, 0.3) is 11.0 Å². The maximum absolute atomic E-state index is 13.1. The molecule has 1 aliphatic rings. The van der Waals surface area contributed by atoms with Gasteiger partial charge >= 0.3 is 5.63 Å². The van der Waals surface area contributed by atoms with E-state index >= 15 is 0 Å². The van der Waals surface area contributed by atoms with Gasteiger partial charge in [-0.1, -0.05) is 13.3 Å². The minimum Gasteiger partial charge on any atom is -0.497 e. The summed E-state index contributed by atoms with van der Waals surface area (Å²) >= 11 is 0. The van der Waals surface area contributed by atoms with Crippen molar-refractivity contribution >= 4 is 16.9 Å². The van der Waals surface area contributed by atoms with Crippen molar-refractivity contribution in [1.29, 1.82) is 0 Å². The minimum atomic E-state index is -0.383. The third-order valence-electron chi connectivity index (χ3n) is 6.05. The SMILES string of the molecule is CCCc1cc(=O)oc2cc(OCC(=O)N3CCCC3c3cc(OC)ccc3OC)ccc12. The van der Waals surface area contributed by atoms with Crippen molar-refractivity contribution in [1.82, 2.24) is 4.90 Å². The van der Waals surface area contributed by atoms with Crippen molar-refractivity contribution in [2.45, 2.75) is 38.6 Å². The average molecular weight is 452 g/mol. The van der Waals surface area contributed by atoms with Crippen LogP contribution in [0.1, 0.15) is 43.4 Å². The highest BCUT2D eigenvalue weighted by Crippen LogP contribution is 2.39. The number of methoxy groups -OCH3 is 2. The molecule has 0 radical (unpaired) electrons. The van der Waals surface area contributed by atoms with Crippen molar-refractivity contribution in [2.75, 3.05) is 27.4 Å². The fourth-order valence-corrected chi connectivity index (χ4v) is 4.49. The third-order valence-corrected chi connectivity index (χ3v) is 6.05. The Balaban J connectivity index is 1.50. The molecule has 1 fully saturated rings. The van der Waals surface area contributed by atoms with E-state index in [1.54, 1.807) is 26.4 Å². The molecule has 0 spiro atoms. The number of fused-ring (bicyclic) bond motifs is 1. The zero-order chi connectivity index (χ0) is 23.4. The summed E-state index contributed by atoms with van der Waals surface area (Å²) < 4.78 is 22.1. The molecular formula is C26H29NO6. The van der Waals surface area contributed by atoms with Crippen LogP contribution in [0.3, 0.4) is 0 Å². The van der Waals surface area contributed by atoms with Gasteiger partial charge in [0, 0.05) is 29.6 Å². The van der Waals surface area contributed by atoms with Crippen molar-refractivity contribution in [2.24, 2.45) is 0 Å². The Labute approximate surface area is 192 Å². The van der Waals surface area contributed by atoms with Crippen LogP contribution >= 0.6 is 0 Å². The van der Waals surface area contributed by atoms with Gasteiger partial charge in [0.25, 0.3) is 5.91 Å². The first-order valence-electron chi connectivity index (χ1n) is 11.2. The van der Waals surface area contributed by atoms with Gasteiger partial charge in [-0.3, -0.25) is 4.79 Å². The molecule has 1 amide bonds. The summed E-state index contributed by atoms with van der Waals surface area (Å²) in [7, 11) is 3.24.